The zero-order valence-corrected chi connectivity index (χ0v) is 11.9. The average molecular weight is 253 g/mol. The second kappa shape index (κ2) is 5.52. The van der Waals surface area contributed by atoms with E-state index in [2.05, 4.69) is 12.0 Å². The van der Waals surface area contributed by atoms with Crippen molar-refractivity contribution in [3.8, 4) is 0 Å². The quantitative estimate of drug-likeness (QED) is 0.867. The number of hydrogen-bond acceptors (Lipinski definition) is 3. The summed E-state index contributed by atoms with van der Waals surface area (Å²) in [5.41, 5.74) is 1.97. The van der Waals surface area contributed by atoms with Gasteiger partial charge in [0.15, 0.2) is 0 Å². The average Bonchev–Trinajstić information content (AvgIpc) is 2.56. The van der Waals surface area contributed by atoms with Crippen LogP contribution < -0.4 is 0 Å². The van der Waals surface area contributed by atoms with Gasteiger partial charge in [0.2, 0.25) is 0 Å². The molecule has 5 heteroatoms. The lowest BCUT2D eigenvalue weighted by Gasteiger charge is -2.34. The van der Waals surface area contributed by atoms with Gasteiger partial charge in [-0.25, -0.2) is 0 Å². The van der Waals surface area contributed by atoms with Gasteiger partial charge in [-0.05, 0) is 27.2 Å². The fourth-order valence-electron chi connectivity index (χ4n) is 1.91. The molecule has 0 unspecified atom stereocenters. The van der Waals surface area contributed by atoms with E-state index in [1.807, 2.05) is 38.9 Å². The second-order valence-corrected chi connectivity index (χ2v) is 5.55. The monoisotopic (exact) mass is 253 g/mol. The van der Waals surface area contributed by atoms with Gasteiger partial charge in [-0.3, -0.25) is 14.4 Å². The van der Waals surface area contributed by atoms with Crippen LogP contribution in [0.2, 0.25) is 0 Å². The molecule has 0 saturated heterocycles. The minimum absolute atomic E-state index is 0.0432. The van der Waals surface area contributed by atoms with Gasteiger partial charge in [0.1, 0.15) is 0 Å². The molecule has 1 aromatic rings. The number of carbonyl (C=O) groups is 1. The van der Waals surface area contributed by atoms with E-state index in [0.29, 0.717) is 6.54 Å². The van der Waals surface area contributed by atoms with Crippen LogP contribution in [-0.4, -0.2) is 37.8 Å². The third kappa shape index (κ3) is 3.84. The number of rotatable bonds is 5. The Morgan fingerprint density at radius 1 is 1.50 bits per heavy atom. The van der Waals surface area contributed by atoms with E-state index in [1.165, 1.54) is 0 Å². The second-order valence-electron chi connectivity index (χ2n) is 5.55. The van der Waals surface area contributed by atoms with Crippen LogP contribution in [0.4, 0.5) is 0 Å². The summed E-state index contributed by atoms with van der Waals surface area (Å²) >= 11 is 0. The van der Waals surface area contributed by atoms with Gasteiger partial charge < -0.3 is 5.11 Å². The Bertz CT molecular complexity index is 418. The van der Waals surface area contributed by atoms with E-state index < -0.39 is 5.97 Å². The molecule has 18 heavy (non-hydrogen) atoms. The van der Waals surface area contributed by atoms with Crippen molar-refractivity contribution in [2.45, 2.75) is 46.2 Å². The largest absolute Gasteiger partial charge is 0.480 e. The van der Waals surface area contributed by atoms with Crippen molar-refractivity contribution in [2.75, 3.05) is 6.54 Å². The van der Waals surface area contributed by atoms with E-state index in [9.17, 15) is 4.79 Å². The molecule has 1 N–H and O–H groups in total. The van der Waals surface area contributed by atoms with Crippen molar-refractivity contribution >= 4 is 5.97 Å². The molecule has 0 aliphatic rings. The third-order valence-corrected chi connectivity index (χ3v) is 2.96. The molecule has 102 valence electrons. The highest BCUT2D eigenvalue weighted by Crippen LogP contribution is 2.19. The van der Waals surface area contributed by atoms with Gasteiger partial charge in [0, 0.05) is 30.9 Å². The standard InChI is InChI=1S/C13H23N3O2/c1-6-11-10(7-15(5)14-11)8-16(9-12(17)18)13(2,3)4/h7H,6,8-9H2,1-5H3,(H,17,18). The highest BCUT2D eigenvalue weighted by atomic mass is 16.4. The molecule has 0 bridgehead atoms. The maximum atomic E-state index is 10.9. The molecule has 0 aromatic carbocycles. The molecule has 5 nitrogen and oxygen atoms in total. The van der Waals surface area contributed by atoms with Crippen molar-refractivity contribution in [3.05, 3.63) is 17.5 Å². The van der Waals surface area contributed by atoms with Crippen LogP contribution >= 0.6 is 0 Å². The normalized spacial score (nSPS) is 12.1. The fraction of sp³-hybridized carbons (Fsp3) is 0.692. The van der Waals surface area contributed by atoms with Gasteiger partial charge in [-0.15, -0.1) is 0 Å². The first-order valence-electron chi connectivity index (χ1n) is 6.22. The highest BCUT2D eigenvalue weighted by molar-refractivity contribution is 5.69. The van der Waals surface area contributed by atoms with Gasteiger partial charge in [-0.1, -0.05) is 6.92 Å². The Kier molecular flexibility index (Phi) is 4.51. The molecule has 0 radical (unpaired) electrons. The SMILES string of the molecule is CCc1nn(C)cc1CN(CC(=O)O)C(C)(C)C. The first-order valence-corrected chi connectivity index (χ1v) is 6.22. The molecule has 0 aliphatic heterocycles. The summed E-state index contributed by atoms with van der Waals surface area (Å²) in [6, 6.07) is 0. The molecular formula is C13H23N3O2. The van der Waals surface area contributed by atoms with Gasteiger partial charge in [0.25, 0.3) is 0 Å². The zero-order valence-electron chi connectivity index (χ0n) is 11.9. The Balaban J connectivity index is 2.92. The number of carboxylic acids is 1. The number of carboxylic acid groups (broad SMARTS) is 1. The lowest BCUT2D eigenvalue weighted by Crippen LogP contribution is -2.43. The summed E-state index contributed by atoms with van der Waals surface area (Å²) in [6.07, 6.45) is 2.83. The van der Waals surface area contributed by atoms with E-state index in [1.54, 1.807) is 4.68 Å². The Morgan fingerprint density at radius 2 is 2.11 bits per heavy atom. The van der Waals surface area contributed by atoms with Crippen LogP contribution in [0.5, 0.6) is 0 Å². The highest BCUT2D eigenvalue weighted by Gasteiger charge is 2.24. The number of hydrogen-bond donors (Lipinski definition) is 1. The number of aryl methyl sites for hydroxylation is 2. The molecule has 1 rings (SSSR count). The summed E-state index contributed by atoms with van der Waals surface area (Å²) in [6.45, 7) is 8.80. The predicted octanol–water partition coefficient (Wildman–Crippen LogP) is 1.67. The minimum atomic E-state index is -0.799. The molecule has 1 aromatic heterocycles. The summed E-state index contributed by atoms with van der Waals surface area (Å²) < 4.78 is 1.79. The van der Waals surface area contributed by atoms with Crippen LogP contribution in [0.1, 0.15) is 39.0 Å². The first-order chi connectivity index (χ1) is 8.24. The summed E-state index contributed by atoms with van der Waals surface area (Å²) in [7, 11) is 1.89. The van der Waals surface area contributed by atoms with Crippen molar-refractivity contribution in [1.82, 2.24) is 14.7 Å². The number of nitrogens with zero attached hydrogens (tertiary/aromatic N) is 3. The smallest absolute Gasteiger partial charge is 0.317 e. The Hall–Kier alpha value is -1.36. The summed E-state index contributed by atoms with van der Waals surface area (Å²) in [5.74, 6) is -0.799. The van der Waals surface area contributed by atoms with Crippen LogP contribution in [0.25, 0.3) is 0 Å². The van der Waals surface area contributed by atoms with Crippen molar-refractivity contribution in [2.24, 2.45) is 7.05 Å². The lowest BCUT2D eigenvalue weighted by molar-refractivity contribution is -0.139. The molecule has 1 heterocycles. The van der Waals surface area contributed by atoms with Crippen molar-refractivity contribution in [3.63, 3.8) is 0 Å². The lowest BCUT2D eigenvalue weighted by atomic mass is 10.0. The zero-order chi connectivity index (χ0) is 13.9. The van der Waals surface area contributed by atoms with Crippen LogP contribution in [0, 0.1) is 0 Å². The van der Waals surface area contributed by atoms with E-state index in [0.717, 1.165) is 17.7 Å². The van der Waals surface area contributed by atoms with Crippen LogP contribution in [0.15, 0.2) is 6.20 Å². The van der Waals surface area contributed by atoms with Gasteiger partial charge in [-0.2, -0.15) is 5.10 Å². The molecular weight excluding hydrogens is 230 g/mol. The van der Waals surface area contributed by atoms with Gasteiger partial charge in [0.05, 0.1) is 12.2 Å². The van der Waals surface area contributed by atoms with Crippen LogP contribution in [-0.2, 0) is 24.8 Å². The summed E-state index contributed by atoms with van der Waals surface area (Å²) in [5, 5.41) is 13.4. The topological polar surface area (TPSA) is 58.4 Å². The fourth-order valence-corrected chi connectivity index (χ4v) is 1.91. The predicted molar refractivity (Wildman–Crippen MR) is 70.4 cm³/mol. The van der Waals surface area contributed by atoms with Gasteiger partial charge >= 0.3 is 5.97 Å². The number of aromatic nitrogens is 2. The Morgan fingerprint density at radius 3 is 2.56 bits per heavy atom. The molecule has 0 saturated carbocycles. The van der Waals surface area contributed by atoms with E-state index >= 15 is 0 Å². The maximum Gasteiger partial charge on any atom is 0.317 e. The summed E-state index contributed by atoms with van der Waals surface area (Å²) in [4.78, 5) is 12.9. The van der Waals surface area contributed by atoms with E-state index in [-0.39, 0.29) is 12.1 Å². The molecule has 0 amide bonds. The molecule has 0 fully saturated rings. The van der Waals surface area contributed by atoms with Crippen molar-refractivity contribution < 1.29 is 9.90 Å². The van der Waals surface area contributed by atoms with Crippen LogP contribution in [0.3, 0.4) is 0 Å². The molecule has 0 atom stereocenters. The minimum Gasteiger partial charge on any atom is -0.480 e. The number of aliphatic carboxylic acids is 1. The molecule has 0 spiro atoms. The molecule has 0 aliphatic carbocycles. The van der Waals surface area contributed by atoms with Crippen molar-refractivity contribution in [1.29, 1.82) is 0 Å². The Labute approximate surface area is 108 Å². The first kappa shape index (κ1) is 14.7. The third-order valence-electron chi connectivity index (χ3n) is 2.96. The van der Waals surface area contributed by atoms with E-state index in [4.69, 9.17) is 5.11 Å². The maximum absolute atomic E-state index is 10.9.